The van der Waals surface area contributed by atoms with E-state index in [2.05, 4.69) is 0 Å². The third-order valence-corrected chi connectivity index (χ3v) is 2.94. The summed E-state index contributed by atoms with van der Waals surface area (Å²) in [7, 11) is 0. The maximum atomic E-state index is 13.5. The number of hydrogen-bond acceptors (Lipinski definition) is 2. The molecule has 19 heavy (non-hydrogen) atoms. The normalized spacial score (nSPS) is 12.1. The minimum atomic E-state index is -0.976. The van der Waals surface area contributed by atoms with Gasteiger partial charge in [-0.25, -0.2) is 8.78 Å². The molecule has 108 valence electrons. The Morgan fingerprint density at radius 1 is 1.32 bits per heavy atom. The first-order chi connectivity index (χ1) is 8.51. The first kappa shape index (κ1) is 17.8. The van der Waals surface area contributed by atoms with Crippen molar-refractivity contribution in [1.29, 1.82) is 0 Å². The second kappa shape index (κ2) is 8.07. The van der Waals surface area contributed by atoms with Gasteiger partial charge in [-0.2, -0.15) is 0 Å². The number of carboxylic acids is 1. The monoisotopic (exact) mass is 293 g/mol. The first-order valence-corrected chi connectivity index (χ1v) is 5.91. The SMILES string of the molecule is CCC(C(=O)O)N(CC)Cc1c(F)cccc1F.Cl. The largest absolute Gasteiger partial charge is 0.480 e. The standard InChI is InChI=1S/C13H17F2NO2.ClH/c1-3-12(13(17)18)16(4-2)8-9-10(14)6-5-7-11(9)15;/h5-7,12H,3-4,8H2,1-2H3,(H,17,18);1H. The van der Waals surface area contributed by atoms with Crippen LogP contribution < -0.4 is 0 Å². The van der Waals surface area contributed by atoms with Gasteiger partial charge in [-0.05, 0) is 25.1 Å². The Morgan fingerprint density at radius 2 is 1.84 bits per heavy atom. The third-order valence-electron chi connectivity index (χ3n) is 2.94. The summed E-state index contributed by atoms with van der Waals surface area (Å²) < 4.78 is 27.0. The lowest BCUT2D eigenvalue weighted by atomic mass is 10.1. The van der Waals surface area contributed by atoms with Crippen molar-refractivity contribution in [2.24, 2.45) is 0 Å². The van der Waals surface area contributed by atoms with Crippen LogP contribution in [0.2, 0.25) is 0 Å². The zero-order valence-corrected chi connectivity index (χ0v) is 11.7. The Labute approximate surface area is 117 Å². The van der Waals surface area contributed by atoms with E-state index in [0.29, 0.717) is 13.0 Å². The van der Waals surface area contributed by atoms with E-state index in [0.717, 1.165) is 0 Å². The fourth-order valence-corrected chi connectivity index (χ4v) is 1.92. The van der Waals surface area contributed by atoms with Gasteiger partial charge in [-0.1, -0.05) is 19.9 Å². The highest BCUT2D eigenvalue weighted by Crippen LogP contribution is 2.17. The van der Waals surface area contributed by atoms with Gasteiger partial charge in [-0.15, -0.1) is 12.4 Å². The van der Waals surface area contributed by atoms with Crippen molar-refractivity contribution in [3.8, 4) is 0 Å². The smallest absolute Gasteiger partial charge is 0.320 e. The Balaban J connectivity index is 0.00000324. The van der Waals surface area contributed by atoms with Gasteiger partial charge in [0.15, 0.2) is 0 Å². The molecule has 0 amide bonds. The molecule has 0 bridgehead atoms. The van der Waals surface area contributed by atoms with Crippen LogP contribution in [0.3, 0.4) is 0 Å². The van der Waals surface area contributed by atoms with E-state index in [9.17, 15) is 13.6 Å². The molecule has 0 heterocycles. The summed E-state index contributed by atoms with van der Waals surface area (Å²) in [6.45, 7) is 3.88. The van der Waals surface area contributed by atoms with E-state index in [4.69, 9.17) is 5.11 Å². The number of rotatable bonds is 6. The maximum absolute atomic E-state index is 13.5. The van der Waals surface area contributed by atoms with Gasteiger partial charge in [0, 0.05) is 12.1 Å². The predicted octanol–water partition coefficient (Wildman–Crippen LogP) is 3.07. The van der Waals surface area contributed by atoms with Crippen LogP contribution in [-0.4, -0.2) is 28.6 Å². The number of halogens is 3. The summed E-state index contributed by atoms with van der Waals surface area (Å²) in [5.74, 6) is -2.27. The minimum Gasteiger partial charge on any atom is -0.480 e. The van der Waals surface area contributed by atoms with Crippen molar-refractivity contribution in [3.05, 3.63) is 35.4 Å². The molecule has 0 aliphatic heterocycles. The summed E-state index contributed by atoms with van der Waals surface area (Å²) in [5.41, 5.74) is -0.0842. The van der Waals surface area contributed by atoms with Gasteiger partial charge >= 0.3 is 5.97 Å². The number of nitrogens with zero attached hydrogens (tertiary/aromatic N) is 1. The molecule has 0 spiro atoms. The summed E-state index contributed by atoms with van der Waals surface area (Å²) in [6, 6.07) is 2.91. The molecule has 0 fully saturated rings. The Morgan fingerprint density at radius 3 is 2.21 bits per heavy atom. The number of aliphatic carboxylic acids is 1. The molecule has 0 aliphatic carbocycles. The van der Waals surface area contributed by atoms with Crippen molar-refractivity contribution in [1.82, 2.24) is 4.90 Å². The van der Waals surface area contributed by atoms with Gasteiger partial charge in [-0.3, -0.25) is 9.69 Å². The number of benzene rings is 1. The summed E-state index contributed by atoms with van der Waals surface area (Å²) in [4.78, 5) is 12.6. The molecule has 0 aromatic heterocycles. The van der Waals surface area contributed by atoms with Crippen LogP contribution in [0.15, 0.2) is 18.2 Å². The highest BCUT2D eigenvalue weighted by Gasteiger charge is 2.24. The Hall–Kier alpha value is -1.20. The third kappa shape index (κ3) is 4.44. The summed E-state index contributed by atoms with van der Waals surface area (Å²) in [6.07, 6.45) is 0.388. The van der Waals surface area contributed by atoms with Crippen LogP contribution in [0.25, 0.3) is 0 Å². The number of likely N-dealkylation sites (N-methyl/N-ethyl adjacent to an activating group) is 1. The molecule has 0 radical (unpaired) electrons. The van der Waals surface area contributed by atoms with Crippen molar-refractivity contribution in [2.45, 2.75) is 32.9 Å². The zero-order valence-electron chi connectivity index (χ0n) is 10.9. The Kier molecular flexibility index (Phi) is 7.56. The van der Waals surface area contributed by atoms with Crippen molar-refractivity contribution >= 4 is 18.4 Å². The minimum absolute atomic E-state index is 0. The van der Waals surface area contributed by atoms with E-state index >= 15 is 0 Å². The maximum Gasteiger partial charge on any atom is 0.320 e. The molecule has 1 rings (SSSR count). The molecular weight excluding hydrogens is 276 g/mol. The molecule has 0 saturated heterocycles. The fraction of sp³-hybridized carbons (Fsp3) is 0.462. The van der Waals surface area contributed by atoms with E-state index in [-0.39, 0.29) is 24.5 Å². The van der Waals surface area contributed by atoms with Crippen LogP contribution in [0, 0.1) is 11.6 Å². The fourth-order valence-electron chi connectivity index (χ4n) is 1.92. The lowest BCUT2D eigenvalue weighted by Crippen LogP contribution is -2.40. The molecule has 0 aliphatic rings. The van der Waals surface area contributed by atoms with E-state index in [1.165, 1.54) is 18.2 Å². The van der Waals surface area contributed by atoms with E-state index in [1.54, 1.807) is 18.7 Å². The van der Waals surface area contributed by atoms with Crippen molar-refractivity contribution < 1.29 is 18.7 Å². The molecule has 0 saturated carbocycles. The van der Waals surface area contributed by atoms with E-state index in [1.807, 2.05) is 0 Å². The molecule has 6 heteroatoms. The summed E-state index contributed by atoms with van der Waals surface area (Å²) >= 11 is 0. The van der Waals surface area contributed by atoms with Gasteiger partial charge < -0.3 is 5.11 Å². The van der Waals surface area contributed by atoms with Crippen LogP contribution in [-0.2, 0) is 11.3 Å². The van der Waals surface area contributed by atoms with Crippen molar-refractivity contribution in [2.75, 3.05) is 6.54 Å². The van der Waals surface area contributed by atoms with Crippen LogP contribution in [0.1, 0.15) is 25.8 Å². The number of carbonyl (C=O) groups is 1. The Bertz CT molecular complexity index is 409. The molecule has 1 aromatic rings. The van der Waals surface area contributed by atoms with Crippen LogP contribution in [0.5, 0.6) is 0 Å². The van der Waals surface area contributed by atoms with Crippen LogP contribution in [0.4, 0.5) is 8.78 Å². The molecule has 1 atom stereocenters. The lowest BCUT2D eigenvalue weighted by Gasteiger charge is -2.27. The number of hydrogen-bond donors (Lipinski definition) is 1. The highest BCUT2D eigenvalue weighted by molar-refractivity contribution is 5.85. The molecule has 1 unspecified atom stereocenters. The molecular formula is C13H18ClF2NO2. The summed E-state index contributed by atoms with van der Waals surface area (Å²) in [5, 5.41) is 9.06. The van der Waals surface area contributed by atoms with Gasteiger partial charge in [0.1, 0.15) is 17.7 Å². The lowest BCUT2D eigenvalue weighted by molar-refractivity contribution is -0.143. The topological polar surface area (TPSA) is 40.5 Å². The van der Waals surface area contributed by atoms with Gasteiger partial charge in [0.25, 0.3) is 0 Å². The van der Waals surface area contributed by atoms with E-state index < -0.39 is 23.6 Å². The quantitative estimate of drug-likeness (QED) is 0.876. The van der Waals surface area contributed by atoms with Crippen LogP contribution >= 0.6 is 12.4 Å². The average molecular weight is 294 g/mol. The van der Waals surface area contributed by atoms with Gasteiger partial charge in [0.05, 0.1) is 0 Å². The van der Waals surface area contributed by atoms with Gasteiger partial charge in [0.2, 0.25) is 0 Å². The predicted molar refractivity (Wildman–Crippen MR) is 71.4 cm³/mol. The second-order valence-corrected chi connectivity index (χ2v) is 4.03. The molecule has 3 nitrogen and oxygen atoms in total. The average Bonchev–Trinajstić information content (AvgIpc) is 2.32. The molecule has 1 N–H and O–H groups in total. The number of carboxylic acid groups (broad SMARTS) is 1. The highest BCUT2D eigenvalue weighted by atomic mass is 35.5. The molecule has 1 aromatic carbocycles. The zero-order chi connectivity index (χ0) is 13.7. The first-order valence-electron chi connectivity index (χ1n) is 5.91. The van der Waals surface area contributed by atoms with Crippen molar-refractivity contribution in [3.63, 3.8) is 0 Å². The second-order valence-electron chi connectivity index (χ2n) is 4.03.